The van der Waals surface area contributed by atoms with Crippen LogP contribution in [0.2, 0.25) is 0 Å². The van der Waals surface area contributed by atoms with Gasteiger partial charge in [-0.3, -0.25) is 4.79 Å². The Balaban J connectivity index is 2.94. The van der Waals surface area contributed by atoms with Crippen molar-refractivity contribution in [2.24, 2.45) is 17.0 Å². The molecule has 4 nitrogen and oxygen atoms in total. The average molecular weight is 294 g/mol. The first-order valence-corrected chi connectivity index (χ1v) is 6.88. The third-order valence-electron chi connectivity index (χ3n) is 4.01. The first kappa shape index (κ1) is 16.9. The van der Waals surface area contributed by atoms with Crippen molar-refractivity contribution in [3.63, 3.8) is 0 Å². The predicted octanol–water partition coefficient (Wildman–Crippen LogP) is 3.36. The minimum absolute atomic E-state index is 0.0291. The van der Waals surface area contributed by atoms with Gasteiger partial charge in [0.2, 0.25) is 5.91 Å². The molecule has 0 spiro atoms. The van der Waals surface area contributed by atoms with Crippen molar-refractivity contribution in [2.75, 3.05) is 6.54 Å². The monoisotopic (exact) mass is 294 g/mol. The van der Waals surface area contributed by atoms with Crippen LogP contribution < -0.4 is 0 Å². The van der Waals surface area contributed by atoms with E-state index in [4.69, 9.17) is 0 Å². The van der Waals surface area contributed by atoms with Crippen LogP contribution in [0.25, 0.3) is 0 Å². The van der Waals surface area contributed by atoms with Gasteiger partial charge < -0.3 is 4.90 Å². The number of halogens is 3. The lowest BCUT2D eigenvalue weighted by molar-refractivity contribution is -0.166. The van der Waals surface area contributed by atoms with E-state index in [2.05, 4.69) is 5.18 Å². The van der Waals surface area contributed by atoms with Gasteiger partial charge in [-0.2, -0.15) is 18.1 Å². The van der Waals surface area contributed by atoms with E-state index in [9.17, 15) is 22.9 Å². The summed E-state index contributed by atoms with van der Waals surface area (Å²) in [5.41, 5.74) is 0. The number of alkyl halides is 3. The van der Waals surface area contributed by atoms with Gasteiger partial charge in [0, 0.05) is 6.54 Å². The highest BCUT2D eigenvalue weighted by molar-refractivity contribution is 5.77. The summed E-state index contributed by atoms with van der Waals surface area (Å²) in [5.74, 6) is -0.807. The molecule has 1 amide bonds. The van der Waals surface area contributed by atoms with Gasteiger partial charge in [-0.1, -0.05) is 25.4 Å². The number of carbonyl (C=O) groups excluding carboxylic acids is 1. The standard InChI is InChI=1S/C13H21F3N2O2/c1-4-10-5-8(2)12(9(3)17-20)18(7-10)11(19)6-13(14,15)16/h8-10,12H,4-7H2,1-3H3. The maximum Gasteiger partial charge on any atom is 0.397 e. The fourth-order valence-corrected chi connectivity index (χ4v) is 3.08. The minimum atomic E-state index is -4.53. The topological polar surface area (TPSA) is 49.7 Å². The highest BCUT2D eigenvalue weighted by Gasteiger charge is 2.42. The summed E-state index contributed by atoms with van der Waals surface area (Å²) in [6.07, 6.45) is -4.40. The van der Waals surface area contributed by atoms with Crippen molar-refractivity contribution in [2.45, 2.75) is 58.3 Å². The van der Waals surface area contributed by atoms with Crippen molar-refractivity contribution >= 4 is 5.91 Å². The zero-order valence-electron chi connectivity index (χ0n) is 12.0. The van der Waals surface area contributed by atoms with Crippen molar-refractivity contribution < 1.29 is 18.0 Å². The molecule has 116 valence electrons. The Kier molecular flexibility index (Phi) is 5.53. The van der Waals surface area contributed by atoms with E-state index in [0.717, 1.165) is 12.8 Å². The molecule has 7 heteroatoms. The lowest BCUT2D eigenvalue weighted by Crippen LogP contribution is -2.55. The molecule has 0 saturated carbocycles. The Hall–Kier alpha value is -1.14. The third-order valence-corrected chi connectivity index (χ3v) is 4.01. The molecule has 0 aliphatic carbocycles. The summed E-state index contributed by atoms with van der Waals surface area (Å²) in [7, 11) is 0. The summed E-state index contributed by atoms with van der Waals surface area (Å²) >= 11 is 0. The second-order valence-electron chi connectivity index (χ2n) is 5.66. The van der Waals surface area contributed by atoms with Gasteiger partial charge in [0.1, 0.15) is 12.5 Å². The van der Waals surface area contributed by atoms with Gasteiger partial charge in [0.15, 0.2) is 0 Å². The van der Waals surface area contributed by atoms with Crippen LogP contribution in [-0.4, -0.2) is 35.6 Å². The van der Waals surface area contributed by atoms with Crippen LogP contribution in [0.1, 0.15) is 40.0 Å². The molecule has 0 aromatic heterocycles. The van der Waals surface area contributed by atoms with Crippen LogP contribution in [0.4, 0.5) is 13.2 Å². The lowest BCUT2D eigenvalue weighted by Gasteiger charge is -2.44. The third kappa shape index (κ3) is 4.18. The van der Waals surface area contributed by atoms with Gasteiger partial charge in [-0.25, -0.2) is 0 Å². The molecule has 1 aliphatic rings. The molecule has 0 aromatic carbocycles. The van der Waals surface area contributed by atoms with Crippen LogP contribution in [0.5, 0.6) is 0 Å². The van der Waals surface area contributed by atoms with Crippen molar-refractivity contribution in [1.29, 1.82) is 0 Å². The molecule has 1 saturated heterocycles. The molecule has 1 fully saturated rings. The number of amides is 1. The Morgan fingerprint density at radius 2 is 2.05 bits per heavy atom. The number of hydrogen-bond donors (Lipinski definition) is 0. The highest BCUT2D eigenvalue weighted by atomic mass is 19.4. The maximum absolute atomic E-state index is 12.4. The molecule has 20 heavy (non-hydrogen) atoms. The number of likely N-dealkylation sites (tertiary alicyclic amines) is 1. The maximum atomic E-state index is 12.4. The smallest absolute Gasteiger partial charge is 0.337 e. The number of nitrogens with zero attached hydrogens (tertiary/aromatic N) is 2. The number of rotatable bonds is 4. The molecule has 1 aliphatic heterocycles. The first-order chi connectivity index (χ1) is 9.19. The summed E-state index contributed by atoms with van der Waals surface area (Å²) < 4.78 is 37.2. The van der Waals surface area contributed by atoms with E-state index in [0.29, 0.717) is 0 Å². The molecule has 0 radical (unpaired) electrons. The van der Waals surface area contributed by atoms with Gasteiger partial charge in [0.05, 0.1) is 6.04 Å². The Bertz CT molecular complexity index is 360. The molecule has 0 bridgehead atoms. The highest BCUT2D eigenvalue weighted by Crippen LogP contribution is 2.33. The van der Waals surface area contributed by atoms with Crippen LogP contribution >= 0.6 is 0 Å². The van der Waals surface area contributed by atoms with Crippen LogP contribution in [-0.2, 0) is 4.79 Å². The summed E-state index contributed by atoms with van der Waals surface area (Å²) in [6.45, 7) is 5.64. The van der Waals surface area contributed by atoms with E-state index in [-0.39, 0.29) is 18.4 Å². The molecule has 4 unspecified atom stereocenters. The van der Waals surface area contributed by atoms with E-state index in [1.165, 1.54) is 4.90 Å². The summed E-state index contributed by atoms with van der Waals surface area (Å²) in [6, 6.07) is -1.23. The van der Waals surface area contributed by atoms with Crippen molar-refractivity contribution in [1.82, 2.24) is 4.90 Å². The average Bonchev–Trinajstić information content (AvgIpc) is 2.34. The van der Waals surface area contributed by atoms with Gasteiger partial charge in [-0.05, 0) is 25.2 Å². The molecular formula is C13H21F3N2O2. The van der Waals surface area contributed by atoms with E-state index in [1.54, 1.807) is 6.92 Å². The second-order valence-corrected chi connectivity index (χ2v) is 5.66. The quantitative estimate of drug-likeness (QED) is 0.746. The van der Waals surface area contributed by atoms with E-state index < -0.39 is 30.6 Å². The Morgan fingerprint density at radius 3 is 2.50 bits per heavy atom. The van der Waals surface area contributed by atoms with E-state index >= 15 is 0 Å². The van der Waals surface area contributed by atoms with Crippen LogP contribution in [0.15, 0.2) is 5.18 Å². The number of nitroso groups, excluding NO2 is 1. The Morgan fingerprint density at radius 1 is 1.45 bits per heavy atom. The molecule has 4 atom stereocenters. The van der Waals surface area contributed by atoms with Crippen molar-refractivity contribution in [3.8, 4) is 0 Å². The molecular weight excluding hydrogens is 273 g/mol. The molecule has 1 rings (SSSR count). The SMILES string of the molecule is CCC1CC(C)C(C(C)N=O)N(C(=O)CC(F)(F)F)C1. The molecule has 0 N–H and O–H groups in total. The summed E-state index contributed by atoms with van der Waals surface area (Å²) in [5, 5.41) is 2.92. The predicted molar refractivity (Wildman–Crippen MR) is 69.0 cm³/mol. The lowest BCUT2D eigenvalue weighted by atomic mass is 9.80. The molecule has 0 aromatic rings. The second kappa shape index (κ2) is 6.54. The van der Waals surface area contributed by atoms with Crippen molar-refractivity contribution in [3.05, 3.63) is 4.91 Å². The van der Waals surface area contributed by atoms with Gasteiger partial charge in [-0.15, -0.1) is 0 Å². The van der Waals surface area contributed by atoms with Crippen LogP contribution in [0, 0.1) is 16.7 Å². The molecule has 1 heterocycles. The summed E-state index contributed by atoms with van der Waals surface area (Å²) in [4.78, 5) is 23.9. The normalized spacial score (nSPS) is 29.1. The number of piperidine rings is 1. The van der Waals surface area contributed by atoms with Gasteiger partial charge in [0.25, 0.3) is 0 Å². The zero-order valence-corrected chi connectivity index (χ0v) is 12.0. The van der Waals surface area contributed by atoms with E-state index in [1.807, 2.05) is 13.8 Å². The minimum Gasteiger partial charge on any atom is -0.337 e. The van der Waals surface area contributed by atoms with Gasteiger partial charge >= 0.3 is 6.18 Å². The fraction of sp³-hybridized carbons (Fsp3) is 0.923. The zero-order chi connectivity index (χ0) is 15.5. The van der Waals surface area contributed by atoms with Crippen LogP contribution in [0.3, 0.4) is 0 Å². The first-order valence-electron chi connectivity index (χ1n) is 6.88. The number of hydrogen-bond acceptors (Lipinski definition) is 3. The Labute approximate surface area is 116 Å². The largest absolute Gasteiger partial charge is 0.397 e. The number of carbonyl (C=O) groups is 1. The fourth-order valence-electron chi connectivity index (χ4n) is 3.08.